The van der Waals surface area contributed by atoms with Crippen molar-refractivity contribution >= 4 is 22.7 Å². The first-order chi connectivity index (χ1) is 26.3. The molecule has 53 heavy (non-hydrogen) atoms. The van der Waals surface area contributed by atoms with E-state index < -0.39 is 5.41 Å². The van der Waals surface area contributed by atoms with Crippen molar-refractivity contribution in [1.82, 2.24) is 9.38 Å². The minimum atomic E-state index is -0.411. The first-order valence-corrected chi connectivity index (χ1v) is 18.2. The van der Waals surface area contributed by atoms with Gasteiger partial charge in [-0.05, 0) is 80.9 Å². The minimum Gasteiger partial charge on any atom is -0.310 e. The van der Waals surface area contributed by atoms with Gasteiger partial charge in [0, 0.05) is 23.0 Å². The SMILES string of the molecule is c1ccc(-c2nc3ccc(-c4ccc(N5c6ccccc6C6(c7ccccc7-c7ccccc76)c6ccccc65)cc4)cn3c2-c2ccccc2)cc1. The molecule has 0 unspecified atom stereocenters. The number of fused-ring (bicyclic) bond motifs is 10. The van der Waals surface area contributed by atoms with Crippen LogP contribution in [0.25, 0.3) is 50.4 Å². The fraction of sp³-hybridized carbons (Fsp3) is 0.0200. The smallest absolute Gasteiger partial charge is 0.137 e. The third-order valence-electron chi connectivity index (χ3n) is 11.2. The summed E-state index contributed by atoms with van der Waals surface area (Å²) in [5, 5.41) is 0. The fourth-order valence-electron chi connectivity index (χ4n) is 9.03. The van der Waals surface area contributed by atoms with Crippen molar-refractivity contribution in [3.8, 4) is 44.8 Å². The number of rotatable bonds is 4. The lowest BCUT2D eigenvalue weighted by atomic mass is 9.64. The summed E-state index contributed by atoms with van der Waals surface area (Å²) in [5.74, 6) is 0. The van der Waals surface area contributed by atoms with Crippen LogP contribution in [0.5, 0.6) is 0 Å². The molecule has 1 aliphatic carbocycles. The zero-order valence-corrected chi connectivity index (χ0v) is 28.9. The van der Waals surface area contributed by atoms with Gasteiger partial charge in [0.15, 0.2) is 0 Å². The average molecular weight is 676 g/mol. The Morgan fingerprint density at radius 3 is 1.47 bits per heavy atom. The number of hydrogen-bond donors (Lipinski definition) is 0. The molecule has 0 fully saturated rings. The molecule has 7 aromatic carbocycles. The molecule has 0 atom stereocenters. The molecule has 0 saturated carbocycles. The van der Waals surface area contributed by atoms with Crippen LogP contribution in [-0.2, 0) is 5.41 Å². The summed E-state index contributed by atoms with van der Waals surface area (Å²) < 4.78 is 2.24. The van der Waals surface area contributed by atoms with E-state index in [4.69, 9.17) is 4.98 Å². The number of pyridine rings is 1. The van der Waals surface area contributed by atoms with Crippen molar-refractivity contribution in [2.75, 3.05) is 4.90 Å². The monoisotopic (exact) mass is 675 g/mol. The number of imidazole rings is 1. The van der Waals surface area contributed by atoms with Crippen LogP contribution >= 0.6 is 0 Å². The molecule has 3 nitrogen and oxygen atoms in total. The van der Waals surface area contributed by atoms with Crippen LogP contribution in [0.3, 0.4) is 0 Å². The summed E-state index contributed by atoms with van der Waals surface area (Å²) in [6.45, 7) is 0. The van der Waals surface area contributed by atoms with Crippen molar-refractivity contribution in [1.29, 1.82) is 0 Å². The molecule has 0 N–H and O–H groups in total. The van der Waals surface area contributed by atoms with Crippen molar-refractivity contribution in [3.63, 3.8) is 0 Å². The van der Waals surface area contributed by atoms with Crippen LogP contribution in [0.4, 0.5) is 17.1 Å². The zero-order valence-electron chi connectivity index (χ0n) is 28.9. The lowest BCUT2D eigenvalue weighted by Gasteiger charge is -2.45. The molecule has 0 saturated heterocycles. The summed E-state index contributed by atoms with van der Waals surface area (Å²) in [4.78, 5) is 7.57. The highest BCUT2D eigenvalue weighted by molar-refractivity contribution is 5.96. The Bertz CT molecular complexity index is 2740. The standard InChI is InChI=1S/C50H33N3/c1-3-15-35(16-4-1)48-49(36-17-5-2-6-18-36)52-33-37(29-32-47(52)51-48)34-27-30-38(31-28-34)53-45-25-13-11-23-43(45)50(44-24-12-14-26-46(44)53)41-21-9-7-19-39(41)40-20-8-10-22-42(40)50/h1-33H. The van der Waals surface area contributed by atoms with E-state index in [-0.39, 0.29) is 0 Å². The van der Waals surface area contributed by atoms with Gasteiger partial charge < -0.3 is 4.90 Å². The molecular formula is C50H33N3. The highest BCUT2D eigenvalue weighted by Crippen LogP contribution is 2.63. The molecule has 9 aromatic rings. The summed E-state index contributed by atoms with van der Waals surface area (Å²) in [5.41, 5.74) is 18.6. The number of aromatic nitrogens is 2. The second-order valence-electron chi connectivity index (χ2n) is 13.9. The molecule has 11 rings (SSSR count). The third kappa shape index (κ3) is 4.25. The average Bonchev–Trinajstić information content (AvgIpc) is 3.76. The van der Waals surface area contributed by atoms with E-state index in [9.17, 15) is 0 Å². The van der Waals surface area contributed by atoms with Gasteiger partial charge in [-0.15, -0.1) is 0 Å². The Balaban J connectivity index is 1.05. The van der Waals surface area contributed by atoms with Gasteiger partial charge in [0.1, 0.15) is 5.65 Å². The predicted molar refractivity (Wildman–Crippen MR) is 217 cm³/mol. The first-order valence-electron chi connectivity index (χ1n) is 18.2. The molecule has 1 aliphatic heterocycles. The van der Waals surface area contributed by atoms with Crippen LogP contribution in [0.15, 0.2) is 200 Å². The maximum absolute atomic E-state index is 5.13. The van der Waals surface area contributed by atoms with Gasteiger partial charge in [0.2, 0.25) is 0 Å². The zero-order chi connectivity index (χ0) is 34.9. The molecule has 2 aromatic heterocycles. The number of para-hydroxylation sites is 2. The van der Waals surface area contributed by atoms with Crippen molar-refractivity contribution in [2.24, 2.45) is 0 Å². The molecule has 3 heteroatoms. The topological polar surface area (TPSA) is 20.5 Å². The van der Waals surface area contributed by atoms with Crippen LogP contribution in [0, 0.1) is 0 Å². The van der Waals surface area contributed by atoms with E-state index in [0.717, 1.165) is 45.0 Å². The molecule has 0 amide bonds. The number of anilines is 3. The highest BCUT2D eigenvalue weighted by atomic mass is 15.2. The van der Waals surface area contributed by atoms with Crippen molar-refractivity contribution in [3.05, 3.63) is 223 Å². The largest absolute Gasteiger partial charge is 0.310 e. The summed E-state index contributed by atoms with van der Waals surface area (Å²) in [6, 6.07) is 70.3. The molecule has 0 radical (unpaired) electrons. The Hall–Kier alpha value is -6.97. The van der Waals surface area contributed by atoms with Gasteiger partial charge in [-0.3, -0.25) is 4.40 Å². The Kier molecular flexibility index (Phi) is 6.47. The normalized spacial score (nSPS) is 13.4. The summed E-state index contributed by atoms with van der Waals surface area (Å²) in [6.07, 6.45) is 2.23. The highest BCUT2D eigenvalue weighted by Gasteiger charge is 2.51. The van der Waals surface area contributed by atoms with E-state index in [1.807, 2.05) is 0 Å². The maximum Gasteiger partial charge on any atom is 0.137 e. The first kappa shape index (κ1) is 29.7. The molecule has 0 bridgehead atoms. The van der Waals surface area contributed by atoms with E-state index in [1.54, 1.807) is 0 Å². The Morgan fingerprint density at radius 2 is 0.868 bits per heavy atom. The van der Waals surface area contributed by atoms with Crippen molar-refractivity contribution < 1.29 is 0 Å². The summed E-state index contributed by atoms with van der Waals surface area (Å²) >= 11 is 0. The predicted octanol–water partition coefficient (Wildman–Crippen LogP) is 12.5. The molecular weight excluding hydrogens is 643 g/mol. The van der Waals surface area contributed by atoms with E-state index in [0.29, 0.717) is 0 Å². The molecule has 248 valence electrons. The molecule has 3 heterocycles. The molecule has 2 aliphatic rings. The number of nitrogens with zero attached hydrogens (tertiary/aromatic N) is 3. The van der Waals surface area contributed by atoms with E-state index >= 15 is 0 Å². The van der Waals surface area contributed by atoms with Crippen LogP contribution in [-0.4, -0.2) is 9.38 Å². The minimum absolute atomic E-state index is 0.411. The van der Waals surface area contributed by atoms with E-state index in [1.165, 1.54) is 44.8 Å². The molecule has 1 spiro atoms. The third-order valence-corrected chi connectivity index (χ3v) is 11.2. The van der Waals surface area contributed by atoms with Gasteiger partial charge in [-0.2, -0.15) is 0 Å². The van der Waals surface area contributed by atoms with Gasteiger partial charge >= 0.3 is 0 Å². The summed E-state index contributed by atoms with van der Waals surface area (Å²) in [7, 11) is 0. The van der Waals surface area contributed by atoms with Gasteiger partial charge in [0.25, 0.3) is 0 Å². The van der Waals surface area contributed by atoms with E-state index in [2.05, 4.69) is 210 Å². The van der Waals surface area contributed by atoms with Crippen molar-refractivity contribution in [2.45, 2.75) is 5.41 Å². The number of hydrogen-bond acceptors (Lipinski definition) is 2. The van der Waals surface area contributed by atoms with Crippen LogP contribution in [0.1, 0.15) is 22.3 Å². The second kappa shape index (κ2) is 11.5. The Labute approximate surface area is 308 Å². The van der Waals surface area contributed by atoms with Crippen LogP contribution < -0.4 is 4.90 Å². The van der Waals surface area contributed by atoms with Gasteiger partial charge in [-0.25, -0.2) is 4.98 Å². The van der Waals surface area contributed by atoms with Gasteiger partial charge in [-0.1, -0.05) is 158 Å². The van der Waals surface area contributed by atoms with Gasteiger partial charge in [0.05, 0.1) is 28.2 Å². The lowest BCUT2D eigenvalue weighted by Crippen LogP contribution is -2.36. The fourth-order valence-corrected chi connectivity index (χ4v) is 9.03. The maximum atomic E-state index is 5.13. The quantitative estimate of drug-likeness (QED) is 0.185. The number of benzene rings is 7. The Morgan fingerprint density at radius 1 is 0.377 bits per heavy atom. The lowest BCUT2D eigenvalue weighted by molar-refractivity contribution is 0.752. The van der Waals surface area contributed by atoms with Crippen LogP contribution in [0.2, 0.25) is 0 Å². The second-order valence-corrected chi connectivity index (χ2v) is 13.9.